The largest absolute Gasteiger partial charge is 0.363 e. The molecule has 2 heteroatoms. The first kappa shape index (κ1) is 11.9. The van der Waals surface area contributed by atoms with E-state index in [2.05, 4.69) is 31.5 Å². The van der Waals surface area contributed by atoms with E-state index in [0.29, 0.717) is 5.92 Å². The smallest absolute Gasteiger partial charge is 0.120 e. The van der Waals surface area contributed by atoms with Gasteiger partial charge in [0, 0.05) is 20.3 Å². The van der Waals surface area contributed by atoms with Crippen LogP contribution in [0.25, 0.3) is 0 Å². The van der Waals surface area contributed by atoms with Crippen LogP contribution >= 0.6 is 0 Å². The fourth-order valence-electron chi connectivity index (χ4n) is 0.821. The van der Waals surface area contributed by atoms with Gasteiger partial charge in [0.1, 0.15) is 5.82 Å². The highest BCUT2D eigenvalue weighted by molar-refractivity contribution is 5.79. The zero-order valence-electron chi connectivity index (χ0n) is 9.33. The minimum absolute atomic E-state index is 0.517. The van der Waals surface area contributed by atoms with E-state index in [-0.39, 0.29) is 0 Å². The van der Waals surface area contributed by atoms with E-state index in [4.69, 9.17) is 0 Å². The third-order valence-electron chi connectivity index (χ3n) is 1.88. The van der Waals surface area contributed by atoms with Crippen LogP contribution in [0.3, 0.4) is 0 Å². The lowest BCUT2D eigenvalue weighted by molar-refractivity contribution is 0.510. The molecule has 0 aliphatic rings. The second-order valence-electron chi connectivity index (χ2n) is 3.51. The summed E-state index contributed by atoms with van der Waals surface area (Å²) < 4.78 is 0. The average molecular weight is 180 g/mol. The summed E-state index contributed by atoms with van der Waals surface area (Å²) >= 11 is 0. The molecule has 0 aromatic carbocycles. The van der Waals surface area contributed by atoms with Gasteiger partial charge in [0.15, 0.2) is 0 Å². The van der Waals surface area contributed by atoms with Gasteiger partial charge in [-0.2, -0.15) is 0 Å². The molecule has 0 saturated heterocycles. The standard InChI is InChI=1S/C11H20N2/c1-7-11(9(2)3)8-12-10(4)13(5)6/h7-9H,4H2,1-3,5-6H3/b11-7+,12-8-. The van der Waals surface area contributed by atoms with Gasteiger partial charge >= 0.3 is 0 Å². The predicted molar refractivity (Wildman–Crippen MR) is 59.9 cm³/mol. The lowest BCUT2D eigenvalue weighted by Crippen LogP contribution is -2.08. The molecule has 74 valence electrons. The quantitative estimate of drug-likeness (QED) is 0.607. The van der Waals surface area contributed by atoms with Crippen molar-refractivity contribution in [1.82, 2.24) is 4.90 Å². The first-order valence-corrected chi connectivity index (χ1v) is 4.55. The Balaban J connectivity index is 4.34. The maximum absolute atomic E-state index is 4.25. The number of aliphatic imine (C=N–C) groups is 1. The first-order valence-electron chi connectivity index (χ1n) is 4.55. The van der Waals surface area contributed by atoms with Crippen molar-refractivity contribution in [2.45, 2.75) is 20.8 Å². The maximum Gasteiger partial charge on any atom is 0.120 e. The normalized spacial score (nSPS) is 12.6. The van der Waals surface area contributed by atoms with E-state index >= 15 is 0 Å². The molecule has 0 saturated carbocycles. The summed E-state index contributed by atoms with van der Waals surface area (Å²) in [5.41, 5.74) is 1.24. The summed E-state index contributed by atoms with van der Waals surface area (Å²) in [7, 11) is 3.87. The molecule has 0 unspecified atom stereocenters. The van der Waals surface area contributed by atoms with Crippen LogP contribution in [0.15, 0.2) is 29.0 Å². The van der Waals surface area contributed by atoms with Crippen LogP contribution in [-0.4, -0.2) is 25.2 Å². The Labute approximate surface area is 81.7 Å². The molecule has 13 heavy (non-hydrogen) atoms. The minimum Gasteiger partial charge on any atom is -0.363 e. The van der Waals surface area contributed by atoms with E-state index in [1.54, 1.807) is 0 Å². The Morgan fingerprint density at radius 3 is 2.23 bits per heavy atom. The van der Waals surface area contributed by atoms with Crippen LogP contribution in [-0.2, 0) is 0 Å². The van der Waals surface area contributed by atoms with E-state index in [1.807, 2.05) is 32.1 Å². The van der Waals surface area contributed by atoms with Crippen LogP contribution in [0.2, 0.25) is 0 Å². The van der Waals surface area contributed by atoms with Crippen LogP contribution < -0.4 is 0 Å². The fourth-order valence-corrected chi connectivity index (χ4v) is 0.821. The monoisotopic (exact) mass is 180 g/mol. The van der Waals surface area contributed by atoms with E-state index in [9.17, 15) is 0 Å². The van der Waals surface area contributed by atoms with Gasteiger partial charge in [-0.05, 0) is 18.4 Å². The highest BCUT2D eigenvalue weighted by atomic mass is 15.2. The van der Waals surface area contributed by atoms with Crippen molar-refractivity contribution in [1.29, 1.82) is 0 Å². The molecule has 0 aliphatic carbocycles. The van der Waals surface area contributed by atoms with Crippen molar-refractivity contribution in [2.24, 2.45) is 10.9 Å². The molecule has 0 atom stereocenters. The number of rotatable bonds is 4. The molecule has 0 heterocycles. The number of nitrogens with zero attached hydrogens (tertiary/aromatic N) is 2. The Hall–Kier alpha value is -1.05. The molecule has 0 amide bonds. The third-order valence-corrected chi connectivity index (χ3v) is 1.88. The molecular formula is C11H20N2. The van der Waals surface area contributed by atoms with Gasteiger partial charge in [-0.1, -0.05) is 26.5 Å². The van der Waals surface area contributed by atoms with Gasteiger partial charge in [-0.15, -0.1) is 0 Å². The zero-order valence-corrected chi connectivity index (χ0v) is 9.33. The first-order chi connectivity index (χ1) is 5.99. The van der Waals surface area contributed by atoms with Crippen molar-refractivity contribution in [2.75, 3.05) is 14.1 Å². The highest BCUT2D eigenvalue weighted by Crippen LogP contribution is 2.07. The Morgan fingerprint density at radius 2 is 1.92 bits per heavy atom. The lowest BCUT2D eigenvalue weighted by Gasteiger charge is -2.11. The van der Waals surface area contributed by atoms with Crippen LogP contribution in [0.4, 0.5) is 0 Å². The average Bonchev–Trinajstić information content (AvgIpc) is 2.04. The summed E-state index contributed by atoms with van der Waals surface area (Å²) in [5.74, 6) is 1.30. The molecular weight excluding hydrogens is 160 g/mol. The van der Waals surface area contributed by atoms with E-state index in [0.717, 1.165) is 5.82 Å². The van der Waals surface area contributed by atoms with Gasteiger partial charge < -0.3 is 4.90 Å². The third kappa shape index (κ3) is 4.51. The zero-order chi connectivity index (χ0) is 10.4. The summed E-state index contributed by atoms with van der Waals surface area (Å²) in [5, 5.41) is 0. The summed E-state index contributed by atoms with van der Waals surface area (Å²) in [6.07, 6.45) is 3.96. The molecule has 0 spiro atoms. The van der Waals surface area contributed by atoms with Crippen LogP contribution in [0.5, 0.6) is 0 Å². The highest BCUT2D eigenvalue weighted by Gasteiger charge is 1.98. The fraction of sp³-hybridized carbons (Fsp3) is 0.545. The number of allylic oxidation sites excluding steroid dienone is 2. The van der Waals surface area contributed by atoms with Gasteiger partial charge in [-0.3, -0.25) is 0 Å². The van der Waals surface area contributed by atoms with Crippen molar-refractivity contribution in [3.05, 3.63) is 24.0 Å². The second kappa shape index (κ2) is 5.57. The molecule has 0 aromatic rings. The maximum atomic E-state index is 4.25. The Morgan fingerprint density at radius 1 is 1.38 bits per heavy atom. The Bertz CT molecular complexity index is 222. The SMILES string of the molecule is C=C(/N=C\C(=C/C)C(C)C)N(C)C. The van der Waals surface area contributed by atoms with Crippen molar-refractivity contribution < 1.29 is 0 Å². The number of hydrogen-bond donors (Lipinski definition) is 0. The molecule has 0 N–H and O–H groups in total. The summed E-state index contributed by atoms with van der Waals surface area (Å²) in [6.45, 7) is 10.2. The molecule has 0 rings (SSSR count). The molecule has 2 nitrogen and oxygen atoms in total. The molecule has 0 bridgehead atoms. The van der Waals surface area contributed by atoms with Crippen molar-refractivity contribution in [3.8, 4) is 0 Å². The van der Waals surface area contributed by atoms with Gasteiger partial charge in [-0.25, -0.2) is 4.99 Å². The van der Waals surface area contributed by atoms with Crippen molar-refractivity contribution >= 4 is 6.21 Å². The molecule has 0 radical (unpaired) electrons. The van der Waals surface area contributed by atoms with Crippen molar-refractivity contribution in [3.63, 3.8) is 0 Å². The molecule has 0 aromatic heterocycles. The van der Waals surface area contributed by atoms with Gasteiger partial charge in [0.05, 0.1) is 0 Å². The van der Waals surface area contributed by atoms with Gasteiger partial charge in [0.25, 0.3) is 0 Å². The summed E-state index contributed by atoms with van der Waals surface area (Å²) in [6, 6.07) is 0. The minimum atomic E-state index is 0.517. The molecule has 0 aliphatic heterocycles. The van der Waals surface area contributed by atoms with Crippen LogP contribution in [0.1, 0.15) is 20.8 Å². The van der Waals surface area contributed by atoms with E-state index < -0.39 is 0 Å². The van der Waals surface area contributed by atoms with E-state index in [1.165, 1.54) is 5.57 Å². The molecule has 0 fully saturated rings. The van der Waals surface area contributed by atoms with Gasteiger partial charge in [0.2, 0.25) is 0 Å². The number of hydrogen-bond acceptors (Lipinski definition) is 2. The predicted octanol–water partition coefficient (Wildman–Crippen LogP) is 2.69. The Kier molecular flexibility index (Phi) is 5.12. The topological polar surface area (TPSA) is 15.6 Å². The van der Waals surface area contributed by atoms with Crippen LogP contribution in [0, 0.1) is 5.92 Å². The summed E-state index contributed by atoms with van der Waals surface area (Å²) in [4.78, 5) is 6.15. The lowest BCUT2D eigenvalue weighted by atomic mass is 10.1. The second-order valence-corrected chi connectivity index (χ2v) is 3.51.